The number of anilines is 1. The Kier molecular flexibility index (Phi) is 4.05. The molecule has 3 aromatic rings. The molecule has 3 rings (SSSR count). The largest absolute Gasteiger partial charge is 0.398 e. The molecule has 0 spiro atoms. The normalized spacial score (nSPS) is 11.9. The van der Waals surface area contributed by atoms with Crippen molar-refractivity contribution in [1.82, 2.24) is 20.1 Å². The lowest BCUT2D eigenvalue weighted by Crippen LogP contribution is -2.27. The van der Waals surface area contributed by atoms with Gasteiger partial charge in [-0.25, -0.2) is 9.67 Å². The Morgan fingerprint density at radius 3 is 2.57 bits per heavy atom. The second-order valence-corrected chi connectivity index (χ2v) is 5.21. The molecule has 1 amide bonds. The van der Waals surface area contributed by atoms with Gasteiger partial charge in [0.25, 0.3) is 5.91 Å². The van der Waals surface area contributed by atoms with Crippen LogP contribution in [-0.4, -0.2) is 20.7 Å². The highest BCUT2D eigenvalue weighted by Gasteiger charge is 2.13. The number of aromatic nitrogens is 3. The third kappa shape index (κ3) is 3.21. The Labute approximate surface area is 134 Å². The minimum absolute atomic E-state index is 0.132. The molecule has 0 radical (unpaired) electrons. The first-order chi connectivity index (χ1) is 11.1. The number of nitrogens with zero attached hydrogens (tertiary/aromatic N) is 3. The van der Waals surface area contributed by atoms with Crippen molar-refractivity contribution in [3.8, 4) is 5.69 Å². The number of nitrogens with two attached hydrogens (primary N) is 1. The van der Waals surface area contributed by atoms with Gasteiger partial charge in [-0.15, -0.1) is 0 Å². The molecule has 0 aliphatic carbocycles. The van der Waals surface area contributed by atoms with Crippen molar-refractivity contribution in [3.63, 3.8) is 0 Å². The zero-order valence-corrected chi connectivity index (χ0v) is 12.7. The molecule has 23 heavy (non-hydrogen) atoms. The number of para-hydroxylation sites is 1. The summed E-state index contributed by atoms with van der Waals surface area (Å²) >= 11 is 0. The Hall–Kier alpha value is -3.15. The van der Waals surface area contributed by atoms with Crippen molar-refractivity contribution in [1.29, 1.82) is 0 Å². The van der Waals surface area contributed by atoms with E-state index in [1.54, 1.807) is 35.3 Å². The summed E-state index contributed by atoms with van der Waals surface area (Å²) in [5.74, 6) is -0.184. The molecule has 6 nitrogen and oxygen atoms in total. The van der Waals surface area contributed by atoms with Crippen LogP contribution in [0.25, 0.3) is 5.69 Å². The van der Waals surface area contributed by atoms with Gasteiger partial charge in [0.15, 0.2) is 0 Å². The average molecular weight is 307 g/mol. The smallest absolute Gasteiger partial charge is 0.253 e. The van der Waals surface area contributed by atoms with Crippen LogP contribution in [0.1, 0.15) is 28.9 Å². The monoisotopic (exact) mass is 307 g/mol. The molecule has 6 heteroatoms. The highest BCUT2D eigenvalue weighted by molar-refractivity contribution is 5.99. The van der Waals surface area contributed by atoms with Gasteiger partial charge in [-0.1, -0.05) is 24.3 Å². The summed E-state index contributed by atoms with van der Waals surface area (Å²) in [7, 11) is 0. The molecule has 0 unspecified atom stereocenters. The molecule has 0 bridgehead atoms. The SMILES string of the molecule is C[C@@H](NC(=O)c1ccccc1N)c1ccc(-n2cncn2)cc1. The fourth-order valence-electron chi connectivity index (χ4n) is 2.32. The number of nitrogen functional groups attached to an aromatic ring is 1. The van der Waals surface area contributed by atoms with Gasteiger partial charge in [0, 0.05) is 5.69 Å². The number of hydrogen-bond donors (Lipinski definition) is 2. The first kappa shape index (κ1) is 14.8. The van der Waals surface area contributed by atoms with E-state index in [1.807, 2.05) is 31.2 Å². The number of carbonyl (C=O) groups is 1. The number of benzene rings is 2. The maximum atomic E-state index is 12.3. The molecule has 0 aliphatic rings. The third-order valence-corrected chi connectivity index (χ3v) is 3.63. The zero-order chi connectivity index (χ0) is 16.2. The standard InChI is InChI=1S/C17H17N5O/c1-12(21-17(23)15-4-2-3-5-16(15)18)13-6-8-14(9-7-13)22-11-19-10-20-22/h2-12H,18H2,1H3,(H,21,23)/t12-/m1/s1. The average Bonchev–Trinajstić information content (AvgIpc) is 3.09. The van der Waals surface area contributed by atoms with Gasteiger partial charge >= 0.3 is 0 Å². The fraction of sp³-hybridized carbons (Fsp3) is 0.118. The summed E-state index contributed by atoms with van der Waals surface area (Å²) in [6.45, 7) is 1.93. The van der Waals surface area contributed by atoms with Crippen LogP contribution in [0.2, 0.25) is 0 Å². The van der Waals surface area contributed by atoms with Gasteiger partial charge in [-0.05, 0) is 36.8 Å². The van der Waals surface area contributed by atoms with E-state index in [0.717, 1.165) is 11.3 Å². The summed E-state index contributed by atoms with van der Waals surface area (Å²) in [5.41, 5.74) is 8.70. The van der Waals surface area contributed by atoms with Crippen LogP contribution in [0, 0.1) is 0 Å². The number of nitrogens with one attached hydrogen (secondary N) is 1. The Morgan fingerprint density at radius 1 is 1.17 bits per heavy atom. The second kappa shape index (κ2) is 6.31. The number of amides is 1. The van der Waals surface area contributed by atoms with E-state index in [-0.39, 0.29) is 11.9 Å². The topological polar surface area (TPSA) is 85.8 Å². The van der Waals surface area contributed by atoms with Crippen molar-refractivity contribution in [2.75, 3.05) is 5.73 Å². The first-order valence-corrected chi connectivity index (χ1v) is 7.25. The van der Waals surface area contributed by atoms with Crippen LogP contribution < -0.4 is 11.1 Å². The fourth-order valence-corrected chi connectivity index (χ4v) is 2.32. The molecule has 1 atom stereocenters. The van der Waals surface area contributed by atoms with Gasteiger partial charge < -0.3 is 11.1 Å². The number of carbonyl (C=O) groups excluding carboxylic acids is 1. The predicted octanol–water partition coefficient (Wildman–Crippen LogP) is 2.34. The van der Waals surface area contributed by atoms with Gasteiger partial charge in [-0.2, -0.15) is 5.10 Å². The van der Waals surface area contributed by atoms with E-state index in [9.17, 15) is 4.79 Å². The minimum atomic E-state index is -0.184. The van der Waals surface area contributed by atoms with Gasteiger partial charge in [0.1, 0.15) is 12.7 Å². The van der Waals surface area contributed by atoms with Crippen molar-refractivity contribution < 1.29 is 4.79 Å². The minimum Gasteiger partial charge on any atom is -0.398 e. The highest BCUT2D eigenvalue weighted by atomic mass is 16.1. The van der Waals surface area contributed by atoms with E-state index < -0.39 is 0 Å². The maximum absolute atomic E-state index is 12.3. The van der Waals surface area contributed by atoms with Crippen LogP contribution in [0.3, 0.4) is 0 Å². The summed E-state index contributed by atoms with van der Waals surface area (Å²) in [6, 6.07) is 14.7. The van der Waals surface area contributed by atoms with E-state index in [2.05, 4.69) is 15.4 Å². The third-order valence-electron chi connectivity index (χ3n) is 3.63. The van der Waals surface area contributed by atoms with Gasteiger partial charge in [-0.3, -0.25) is 4.79 Å². The first-order valence-electron chi connectivity index (χ1n) is 7.25. The molecule has 1 heterocycles. The van der Waals surface area contributed by atoms with Crippen LogP contribution in [0.15, 0.2) is 61.2 Å². The molecular formula is C17H17N5O. The summed E-state index contributed by atoms with van der Waals surface area (Å²) in [6.07, 6.45) is 3.12. The van der Waals surface area contributed by atoms with E-state index >= 15 is 0 Å². The Balaban J connectivity index is 1.72. The summed E-state index contributed by atoms with van der Waals surface area (Å²) in [5, 5.41) is 7.03. The van der Waals surface area contributed by atoms with Crippen molar-refractivity contribution in [2.45, 2.75) is 13.0 Å². The van der Waals surface area contributed by atoms with E-state index in [4.69, 9.17) is 5.73 Å². The summed E-state index contributed by atoms with van der Waals surface area (Å²) in [4.78, 5) is 16.2. The second-order valence-electron chi connectivity index (χ2n) is 5.21. The van der Waals surface area contributed by atoms with E-state index in [0.29, 0.717) is 11.3 Å². The number of rotatable bonds is 4. The van der Waals surface area contributed by atoms with Crippen molar-refractivity contribution in [2.24, 2.45) is 0 Å². The van der Waals surface area contributed by atoms with Crippen LogP contribution >= 0.6 is 0 Å². The molecule has 3 N–H and O–H groups in total. The van der Waals surface area contributed by atoms with Gasteiger partial charge in [0.05, 0.1) is 17.3 Å². The zero-order valence-electron chi connectivity index (χ0n) is 12.7. The maximum Gasteiger partial charge on any atom is 0.253 e. The number of hydrogen-bond acceptors (Lipinski definition) is 4. The van der Waals surface area contributed by atoms with Crippen LogP contribution in [0.5, 0.6) is 0 Å². The van der Waals surface area contributed by atoms with Crippen LogP contribution in [-0.2, 0) is 0 Å². The quantitative estimate of drug-likeness (QED) is 0.724. The highest BCUT2D eigenvalue weighted by Crippen LogP contribution is 2.17. The lowest BCUT2D eigenvalue weighted by atomic mass is 10.1. The molecule has 0 aliphatic heterocycles. The molecule has 116 valence electrons. The predicted molar refractivity (Wildman–Crippen MR) is 88.1 cm³/mol. The Bertz CT molecular complexity index is 796. The summed E-state index contributed by atoms with van der Waals surface area (Å²) < 4.78 is 1.68. The molecule has 0 fully saturated rings. The van der Waals surface area contributed by atoms with E-state index in [1.165, 1.54) is 6.33 Å². The van der Waals surface area contributed by atoms with Crippen molar-refractivity contribution >= 4 is 11.6 Å². The lowest BCUT2D eigenvalue weighted by Gasteiger charge is -2.15. The van der Waals surface area contributed by atoms with Gasteiger partial charge in [0.2, 0.25) is 0 Å². The molecule has 2 aromatic carbocycles. The Morgan fingerprint density at radius 2 is 1.91 bits per heavy atom. The molecule has 0 saturated heterocycles. The van der Waals surface area contributed by atoms with Crippen molar-refractivity contribution in [3.05, 3.63) is 72.3 Å². The lowest BCUT2D eigenvalue weighted by molar-refractivity contribution is 0.0941. The molecule has 1 aromatic heterocycles. The molecular weight excluding hydrogens is 290 g/mol. The van der Waals surface area contributed by atoms with Crippen LogP contribution in [0.4, 0.5) is 5.69 Å². The molecule has 0 saturated carbocycles.